The molecule has 2 fully saturated rings. The van der Waals surface area contributed by atoms with Gasteiger partial charge in [-0.1, -0.05) is 11.6 Å². The van der Waals surface area contributed by atoms with E-state index < -0.39 is 0 Å². The number of hydrogen-bond donors (Lipinski definition) is 0. The molecule has 1 atom stereocenters. The molecular formula is C17H23ClN2OS. The Kier molecular flexibility index (Phi) is 5.32. The van der Waals surface area contributed by atoms with Crippen molar-refractivity contribution in [2.24, 2.45) is 5.92 Å². The molecule has 1 aromatic carbocycles. The van der Waals surface area contributed by atoms with E-state index in [1.807, 2.05) is 29.4 Å². The molecule has 1 amide bonds. The molecule has 2 aliphatic heterocycles. The maximum absolute atomic E-state index is 12.7. The van der Waals surface area contributed by atoms with Crippen LogP contribution in [0, 0.1) is 5.92 Å². The van der Waals surface area contributed by atoms with E-state index in [0.717, 1.165) is 31.0 Å². The van der Waals surface area contributed by atoms with Gasteiger partial charge < -0.3 is 9.80 Å². The number of likely N-dealkylation sites (tertiary alicyclic amines) is 2. The molecule has 3 rings (SSSR count). The highest BCUT2D eigenvalue weighted by Crippen LogP contribution is 2.27. The van der Waals surface area contributed by atoms with E-state index in [-0.39, 0.29) is 5.91 Å². The average molecular weight is 339 g/mol. The molecule has 2 saturated heterocycles. The van der Waals surface area contributed by atoms with Gasteiger partial charge in [-0.15, -0.1) is 11.8 Å². The number of carbonyl (C=O) groups is 1. The lowest BCUT2D eigenvalue weighted by molar-refractivity contribution is 0.0784. The molecule has 0 spiro atoms. The quantitative estimate of drug-likeness (QED) is 0.783. The highest BCUT2D eigenvalue weighted by Gasteiger charge is 2.29. The van der Waals surface area contributed by atoms with Crippen LogP contribution in [0.25, 0.3) is 0 Å². The van der Waals surface area contributed by atoms with E-state index in [4.69, 9.17) is 11.6 Å². The van der Waals surface area contributed by atoms with Crippen LogP contribution in [0.2, 0.25) is 5.02 Å². The predicted molar refractivity (Wildman–Crippen MR) is 92.9 cm³/mol. The van der Waals surface area contributed by atoms with Crippen molar-refractivity contribution in [1.29, 1.82) is 0 Å². The summed E-state index contributed by atoms with van der Waals surface area (Å²) in [5.74, 6) is 0.703. The number of amides is 1. The Labute approximate surface area is 142 Å². The average Bonchev–Trinajstić information content (AvgIpc) is 3.19. The predicted octanol–water partition coefficient (Wildman–Crippen LogP) is 3.62. The molecule has 22 heavy (non-hydrogen) atoms. The molecule has 2 heterocycles. The summed E-state index contributed by atoms with van der Waals surface area (Å²) in [5, 5.41) is 0.561. The van der Waals surface area contributed by atoms with Crippen LogP contribution < -0.4 is 0 Å². The molecule has 0 radical (unpaired) electrons. The molecule has 0 N–H and O–H groups in total. The first-order valence-corrected chi connectivity index (χ1v) is 9.63. The largest absolute Gasteiger partial charge is 0.338 e. The number of hydrogen-bond acceptors (Lipinski definition) is 3. The number of rotatable bonds is 4. The van der Waals surface area contributed by atoms with Crippen molar-refractivity contribution in [3.05, 3.63) is 28.8 Å². The Morgan fingerprint density at radius 3 is 2.82 bits per heavy atom. The van der Waals surface area contributed by atoms with Gasteiger partial charge in [-0.2, -0.15) is 0 Å². The van der Waals surface area contributed by atoms with Gasteiger partial charge in [0.2, 0.25) is 0 Å². The first-order valence-electron chi connectivity index (χ1n) is 8.02. The van der Waals surface area contributed by atoms with Crippen molar-refractivity contribution in [2.75, 3.05) is 39.0 Å². The second-order valence-corrected chi connectivity index (χ2v) is 7.55. The highest BCUT2D eigenvalue weighted by atomic mass is 35.5. The van der Waals surface area contributed by atoms with E-state index in [9.17, 15) is 4.79 Å². The van der Waals surface area contributed by atoms with Gasteiger partial charge in [0.25, 0.3) is 5.91 Å². The molecule has 1 aromatic rings. The van der Waals surface area contributed by atoms with Crippen LogP contribution in [0.1, 0.15) is 29.6 Å². The Balaban J connectivity index is 1.63. The summed E-state index contributed by atoms with van der Waals surface area (Å²) in [6.45, 7) is 5.33. The van der Waals surface area contributed by atoms with Crippen molar-refractivity contribution < 1.29 is 4.79 Å². The Morgan fingerprint density at radius 2 is 2.09 bits per heavy atom. The molecule has 120 valence electrons. The van der Waals surface area contributed by atoms with Crippen molar-refractivity contribution in [3.8, 4) is 0 Å². The van der Waals surface area contributed by atoms with E-state index >= 15 is 0 Å². The Bertz CT molecular complexity index is 545. The minimum absolute atomic E-state index is 0.0878. The summed E-state index contributed by atoms with van der Waals surface area (Å²) in [5.41, 5.74) is 0.648. The summed E-state index contributed by atoms with van der Waals surface area (Å²) in [6.07, 6.45) is 5.78. The van der Waals surface area contributed by atoms with E-state index in [2.05, 4.69) is 4.90 Å². The molecule has 0 aliphatic carbocycles. The summed E-state index contributed by atoms with van der Waals surface area (Å²) in [6, 6.07) is 5.71. The fourth-order valence-corrected chi connectivity index (χ4v) is 4.10. The lowest BCUT2D eigenvalue weighted by atomic mass is 10.1. The maximum Gasteiger partial charge on any atom is 0.255 e. The van der Waals surface area contributed by atoms with Crippen LogP contribution in [0.3, 0.4) is 0 Å². The van der Waals surface area contributed by atoms with Gasteiger partial charge in [0.05, 0.1) is 10.6 Å². The van der Waals surface area contributed by atoms with Gasteiger partial charge in [0.15, 0.2) is 0 Å². The molecule has 0 bridgehead atoms. The van der Waals surface area contributed by atoms with Gasteiger partial charge in [-0.3, -0.25) is 4.79 Å². The van der Waals surface area contributed by atoms with Crippen LogP contribution in [0.5, 0.6) is 0 Å². The number of halogens is 1. The Hall–Kier alpha value is -0.710. The van der Waals surface area contributed by atoms with Gasteiger partial charge >= 0.3 is 0 Å². The topological polar surface area (TPSA) is 23.6 Å². The molecule has 0 unspecified atom stereocenters. The Morgan fingerprint density at radius 1 is 1.32 bits per heavy atom. The van der Waals surface area contributed by atoms with Crippen molar-refractivity contribution in [2.45, 2.75) is 24.2 Å². The maximum atomic E-state index is 12.7. The van der Waals surface area contributed by atoms with Crippen LogP contribution in [-0.2, 0) is 0 Å². The zero-order chi connectivity index (χ0) is 15.5. The van der Waals surface area contributed by atoms with Crippen molar-refractivity contribution >= 4 is 29.3 Å². The molecule has 5 heteroatoms. The normalized spacial score (nSPS) is 22.5. The fourth-order valence-electron chi connectivity index (χ4n) is 3.46. The van der Waals surface area contributed by atoms with Gasteiger partial charge in [0, 0.05) is 24.5 Å². The summed E-state index contributed by atoms with van der Waals surface area (Å²) < 4.78 is 0. The summed E-state index contributed by atoms with van der Waals surface area (Å²) in [4.78, 5) is 18.3. The molecule has 3 nitrogen and oxygen atoms in total. The zero-order valence-electron chi connectivity index (χ0n) is 13.1. The highest BCUT2D eigenvalue weighted by molar-refractivity contribution is 7.98. The molecular weight excluding hydrogens is 316 g/mol. The molecule has 0 saturated carbocycles. The zero-order valence-corrected chi connectivity index (χ0v) is 14.6. The third kappa shape index (κ3) is 3.61. The number of thioether (sulfide) groups is 1. The third-order valence-corrected chi connectivity index (χ3v) is 5.75. The van der Waals surface area contributed by atoms with Crippen LogP contribution >= 0.6 is 23.4 Å². The molecule has 0 aromatic heterocycles. The van der Waals surface area contributed by atoms with Crippen LogP contribution in [0.15, 0.2) is 23.1 Å². The third-order valence-electron chi connectivity index (χ3n) is 4.69. The summed E-state index contributed by atoms with van der Waals surface area (Å²) in [7, 11) is 0. The molecule has 2 aliphatic rings. The van der Waals surface area contributed by atoms with Crippen LogP contribution in [-0.4, -0.2) is 54.7 Å². The van der Waals surface area contributed by atoms with Crippen molar-refractivity contribution in [3.63, 3.8) is 0 Å². The first kappa shape index (κ1) is 16.2. The van der Waals surface area contributed by atoms with Gasteiger partial charge in [0.1, 0.15) is 0 Å². The van der Waals surface area contributed by atoms with Gasteiger partial charge in [-0.25, -0.2) is 0 Å². The number of carbonyl (C=O) groups excluding carboxylic acids is 1. The van der Waals surface area contributed by atoms with E-state index in [1.54, 1.807) is 11.8 Å². The van der Waals surface area contributed by atoms with Crippen LogP contribution in [0.4, 0.5) is 0 Å². The number of benzene rings is 1. The minimum atomic E-state index is 0.0878. The monoisotopic (exact) mass is 338 g/mol. The van der Waals surface area contributed by atoms with Gasteiger partial charge in [-0.05, 0) is 62.7 Å². The van der Waals surface area contributed by atoms with Crippen molar-refractivity contribution in [1.82, 2.24) is 9.80 Å². The SMILES string of the molecule is CSc1ccc(Cl)c(C(=O)N2CC[C@H](CN3CCCC3)C2)c1. The second-order valence-electron chi connectivity index (χ2n) is 6.26. The fraction of sp³-hybridized carbons (Fsp3) is 0.588. The first-order chi connectivity index (χ1) is 10.7. The number of nitrogens with zero attached hydrogens (tertiary/aromatic N) is 2. The standard InChI is InChI=1S/C17H23ClN2OS/c1-22-14-4-5-16(18)15(10-14)17(21)20-9-6-13(12-20)11-19-7-2-3-8-19/h4-5,10,13H,2-3,6-9,11-12H2,1H3/t13-/m1/s1. The second kappa shape index (κ2) is 7.24. The smallest absolute Gasteiger partial charge is 0.255 e. The van der Waals surface area contributed by atoms with E-state index in [1.165, 1.54) is 25.9 Å². The minimum Gasteiger partial charge on any atom is -0.338 e. The summed E-state index contributed by atoms with van der Waals surface area (Å²) >= 11 is 7.87. The lowest BCUT2D eigenvalue weighted by Gasteiger charge is -2.21. The van der Waals surface area contributed by atoms with E-state index in [0.29, 0.717) is 16.5 Å². The lowest BCUT2D eigenvalue weighted by Crippen LogP contribution is -2.32.